The van der Waals surface area contributed by atoms with Crippen molar-refractivity contribution in [3.8, 4) is 0 Å². The Morgan fingerprint density at radius 2 is 2.23 bits per heavy atom. The Kier molecular flexibility index (Phi) is 1.79. The van der Waals surface area contributed by atoms with Crippen LogP contribution in [-0.2, 0) is 0 Å². The van der Waals surface area contributed by atoms with Crippen LogP contribution in [0, 0.1) is 13.8 Å². The van der Waals surface area contributed by atoms with Gasteiger partial charge in [-0.1, -0.05) is 0 Å². The number of carbonyl (C=O) groups excluding carboxylic acids is 1. The average Bonchev–Trinajstić information content (AvgIpc) is 2.12. The van der Waals surface area contributed by atoms with Crippen LogP contribution in [0.3, 0.4) is 0 Å². The maximum Gasteiger partial charge on any atom is 0.185 e. The third kappa shape index (κ3) is 1.20. The lowest BCUT2D eigenvalue weighted by atomic mass is 10.0. The van der Waals surface area contributed by atoms with Crippen LogP contribution in [-0.4, -0.2) is 17.3 Å². The molecule has 0 unspecified atom stereocenters. The first-order valence-electron chi connectivity index (χ1n) is 4.43. The second kappa shape index (κ2) is 2.83. The SMILES string of the molecule is Cc1cnc2c(c1C)NCCC2=O. The summed E-state index contributed by atoms with van der Waals surface area (Å²) >= 11 is 0. The lowest BCUT2D eigenvalue weighted by Gasteiger charge is -2.18. The lowest BCUT2D eigenvalue weighted by molar-refractivity contribution is 0.0978. The molecule has 1 aromatic heterocycles. The average molecular weight is 176 g/mol. The van der Waals surface area contributed by atoms with Gasteiger partial charge in [0.05, 0.1) is 5.69 Å². The fourth-order valence-corrected chi connectivity index (χ4v) is 1.54. The fraction of sp³-hybridized carbons (Fsp3) is 0.400. The van der Waals surface area contributed by atoms with Crippen LogP contribution in [0.1, 0.15) is 28.0 Å². The van der Waals surface area contributed by atoms with Crippen molar-refractivity contribution in [3.63, 3.8) is 0 Å². The summed E-state index contributed by atoms with van der Waals surface area (Å²) in [5.41, 5.74) is 3.80. The number of aromatic nitrogens is 1. The molecule has 0 radical (unpaired) electrons. The fourth-order valence-electron chi connectivity index (χ4n) is 1.54. The van der Waals surface area contributed by atoms with Crippen molar-refractivity contribution < 1.29 is 4.79 Å². The van der Waals surface area contributed by atoms with Crippen LogP contribution in [0.5, 0.6) is 0 Å². The second-order valence-electron chi connectivity index (χ2n) is 3.39. The van der Waals surface area contributed by atoms with E-state index in [0.717, 1.165) is 23.4 Å². The molecule has 1 aliphatic heterocycles. The molecular formula is C10H12N2O. The molecule has 0 amide bonds. The van der Waals surface area contributed by atoms with E-state index >= 15 is 0 Å². The van der Waals surface area contributed by atoms with Gasteiger partial charge in [0.2, 0.25) is 0 Å². The number of anilines is 1. The van der Waals surface area contributed by atoms with Crippen LogP contribution >= 0.6 is 0 Å². The molecule has 1 aliphatic rings. The third-order valence-electron chi connectivity index (χ3n) is 2.51. The monoisotopic (exact) mass is 176 g/mol. The van der Waals surface area contributed by atoms with Crippen LogP contribution in [0.2, 0.25) is 0 Å². The number of aryl methyl sites for hydroxylation is 1. The number of nitrogens with zero attached hydrogens (tertiary/aromatic N) is 1. The maximum atomic E-state index is 11.4. The zero-order valence-electron chi connectivity index (χ0n) is 7.85. The van der Waals surface area contributed by atoms with Crippen LogP contribution < -0.4 is 5.32 Å². The van der Waals surface area contributed by atoms with Crippen molar-refractivity contribution in [1.29, 1.82) is 0 Å². The number of hydrogen-bond donors (Lipinski definition) is 1. The largest absolute Gasteiger partial charge is 0.383 e. The Bertz CT molecular complexity index is 371. The van der Waals surface area contributed by atoms with Crippen LogP contribution in [0.15, 0.2) is 6.20 Å². The van der Waals surface area contributed by atoms with Gasteiger partial charge >= 0.3 is 0 Å². The van der Waals surface area contributed by atoms with Gasteiger partial charge in [-0.2, -0.15) is 0 Å². The van der Waals surface area contributed by atoms with Crippen molar-refractivity contribution in [2.24, 2.45) is 0 Å². The van der Waals surface area contributed by atoms with Gasteiger partial charge in [0.1, 0.15) is 5.69 Å². The smallest absolute Gasteiger partial charge is 0.185 e. The van der Waals surface area contributed by atoms with Crippen molar-refractivity contribution in [1.82, 2.24) is 4.98 Å². The maximum absolute atomic E-state index is 11.4. The summed E-state index contributed by atoms with van der Waals surface area (Å²) in [7, 11) is 0. The molecule has 0 saturated carbocycles. The van der Waals surface area contributed by atoms with E-state index < -0.39 is 0 Å². The molecular weight excluding hydrogens is 164 g/mol. The van der Waals surface area contributed by atoms with E-state index in [2.05, 4.69) is 10.3 Å². The predicted molar refractivity (Wildman–Crippen MR) is 51.1 cm³/mol. The highest BCUT2D eigenvalue weighted by Gasteiger charge is 2.20. The van der Waals surface area contributed by atoms with E-state index in [1.54, 1.807) is 6.20 Å². The summed E-state index contributed by atoms with van der Waals surface area (Å²) in [5.74, 6) is 0.150. The Labute approximate surface area is 77.2 Å². The first kappa shape index (κ1) is 8.23. The minimum Gasteiger partial charge on any atom is -0.383 e. The van der Waals surface area contributed by atoms with E-state index in [1.807, 2.05) is 13.8 Å². The number of nitrogens with one attached hydrogen (secondary N) is 1. The zero-order valence-corrected chi connectivity index (χ0v) is 7.85. The highest BCUT2D eigenvalue weighted by Crippen LogP contribution is 2.25. The van der Waals surface area contributed by atoms with Gasteiger partial charge in [-0.15, -0.1) is 0 Å². The minimum absolute atomic E-state index is 0.150. The summed E-state index contributed by atoms with van der Waals surface area (Å²) < 4.78 is 0. The summed E-state index contributed by atoms with van der Waals surface area (Å²) in [5, 5.41) is 3.22. The standard InChI is InChI=1S/C10H12N2O/c1-6-5-12-10-8(13)3-4-11-9(10)7(6)2/h5,11H,3-4H2,1-2H3. The van der Waals surface area contributed by atoms with Gasteiger partial charge < -0.3 is 5.32 Å². The van der Waals surface area contributed by atoms with E-state index in [-0.39, 0.29) is 5.78 Å². The van der Waals surface area contributed by atoms with E-state index in [1.165, 1.54) is 0 Å². The molecule has 1 N–H and O–H groups in total. The molecule has 0 spiro atoms. The molecule has 0 aromatic carbocycles. The summed E-state index contributed by atoms with van der Waals surface area (Å²) in [4.78, 5) is 15.6. The molecule has 3 nitrogen and oxygen atoms in total. The summed E-state index contributed by atoms with van der Waals surface area (Å²) in [6.45, 7) is 4.75. The number of carbonyl (C=O) groups is 1. The second-order valence-corrected chi connectivity index (χ2v) is 3.39. The Hall–Kier alpha value is -1.38. The molecule has 3 heteroatoms. The topological polar surface area (TPSA) is 42.0 Å². The predicted octanol–water partition coefficient (Wildman–Crippen LogP) is 1.70. The Morgan fingerprint density at radius 3 is 3.00 bits per heavy atom. The van der Waals surface area contributed by atoms with E-state index in [0.29, 0.717) is 12.1 Å². The lowest BCUT2D eigenvalue weighted by Crippen LogP contribution is -2.20. The first-order chi connectivity index (χ1) is 6.20. The molecule has 0 bridgehead atoms. The molecule has 0 aliphatic carbocycles. The van der Waals surface area contributed by atoms with Gasteiger partial charge in [-0.3, -0.25) is 9.78 Å². The summed E-state index contributed by atoms with van der Waals surface area (Å²) in [6.07, 6.45) is 2.32. The van der Waals surface area contributed by atoms with Gasteiger partial charge in [-0.25, -0.2) is 0 Å². The number of ketones is 1. The van der Waals surface area contributed by atoms with Crippen molar-refractivity contribution >= 4 is 11.5 Å². The summed E-state index contributed by atoms with van der Waals surface area (Å²) in [6, 6.07) is 0. The number of rotatable bonds is 0. The molecule has 2 heterocycles. The molecule has 0 saturated heterocycles. The minimum atomic E-state index is 0.150. The van der Waals surface area contributed by atoms with E-state index in [9.17, 15) is 4.79 Å². The molecule has 68 valence electrons. The molecule has 0 fully saturated rings. The van der Waals surface area contributed by atoms with Crippen molar-refractivity contribution in [2.45, 2.75) is 20.3 Å². The molecule has 1 aromatic rings. The zero-order chi connectivity index (χ0) is 9.42. The molecule has 0 atom stereocenters. The Morgan fingerprint density at radius 1 is 1.46 bits per heavy atom. The van der Waals surface area contributed by atoms with E-state index in [4.69, 9.17) is 0 Å². The third-order valence-corrected chi connectivity index (χ3v) is 2.51. The van der Waals surface area contributed by atoms with Crippen LogP contribution in [0.25, 0.3) is 0 Å². The van der Waals surface area contributed by atoms with Gasteiger partial charge in [-0.05, 0) is 25.0 Å². The number of pyridine rings is 1. The number of fused-ring (bicyclic) bond motifs is 1. The van der Waals surface area contributed by atoms with Crippen molar-refractivity contribution in [3.05, 3.63) is 23.0 Å². The highest BCUT2D eigenvalue weighted by molar-refractivity contribution is 6.01. The quantitative estimate of drug-likeness (QED) is 0.654. The van der Waals surface area contributed by atoms with Gasteiger partial charge in [0.15, 0.2) is 5.78 Å². The first-order valence-corrected chi connectivity index (χ1v) is 4.43. The number of Topliss-reactive ketones (excluding diaryl/α,β-unsaturated/α-hetero) is 1. The van der Waals surface area contributed by atoms with Crippen LogP contribution in [0.4, 0.5) is 5.69 Å². The molecule has 13 heavy (non-hydrogen) atoms. The highest BCUT2D eigenvalue weighted by atomic mass is 16.1. The Balaban J connectivity index is 2.63. The van der Waals surface area contributed by atoms with Crippen molar-refractivity contribution in [2.75, 3.05) is 11.9 Å². The van der Waals surface area contributed by atoms with Gasteiger partial charge in [0.25, 0.3) is 0 Å². The van der Waals surface area contributed by atoms with Gasteiger partial charge in [0, 0.05) is 19.2 Å². The molecule has 2 rings (SSSR count). The normalized spacial score (nSPS) is 15.1. The number of hydrogen-bond acceptors (Lipinski definition) is 3.